The largest absolute Gasteiger partial charge is 0.573 e. The molecule has 0 radical (unpaired) electrons. The summed E-state index contributed by atoms with van der Waals surface area (Å²) in [6.07, 6.45) is 9.72. The van der Waals surface area contributed by atoms with E-state index >= 15 is 0 Å². The predicted octanol–water partition coefficient (Wildman–Crippen LogP) is 5.61. The Morgan fingerprint density at radius 2 is 1.49 bits per heavy atom. The number of alkyl halides is 3. The quantitative estimate of drug-likeness (QED) is 0.0431. The number of carbonyl (C=O) groups is 4. The molecule has 3 aliphatic rings. The number of nitrogens with two attached hydrogens (primary N) is 2. The molecule has 1 saturated carbocycles. The number of nitrogens with zero attached hydrogens (tertiary/aromatic N) is 5. The summed E-state index contributed by atoms with van der Waals surface area (Å²) in [4.78, 5) is 52.8. The molecule has 0 spiro atoms. The molecule has 2 aromatic carbocycles. The number of carbonyl (C=O) groups excluding carboxylic acids is 3. The van der Waals surface area contributed by atoms with Crippen LogP contribution in [0.1, 0.15) is 125 Å². The number of hydrogen-bond acceptors (Lipinski definition) is 12. The van der Waals surface area contributed by atoms with Gasteiger partial charge < -0.3 is 46.9 Å². The second-order valence-electron chi connectivity index (χ2n) is 19.8. The number of carboxylic acid groups (broad SMARTS) is 1. The minimum atomic E-state index is -4.85. The number of aromatic nitrogens is 3. The lowest BCUT2D eigenvalue weighted by Crippen LogP contribution is -2.40. The van der Waals surface area contributed by atoms with Gasteiger partial charge in [0, 0.05) is 83.7 Å². The van der Waals surface area contributed by atoms with Crippen LogP contribution in [0.2, 0.25) is 0 Å². The Kier molecular flexibility index (Phi) is 22.0. The van der Waals surface area contributed by atoms with Gasteiger partial charge in [0.2, 0.25) is 17.7 Å². The third-order valence-electron chi connectivity index (χ3n) is 14.2. The molecule has 3 atom stereocenters. The summed E-state index contributed by atoms with van der Waals surface area (Å²) in [6.45, 7) is 6.79. The molecule has 1 saturated heterocycles. The van der Waals surface area contributed by atoms with E-state index in [1.165, 1.54) is 6.07 Å². The van der Waals surface area contributed by atoms with Crippen molar-refractivity contribution in [2.24, 2.45) is 29.2 Å². The maximum absolute atomic E-state index is 13.6. The van der Waals surface area contributed by atoms with E-state index in [-0.39, 0.29) is 60.8 Å². The molecule has 0 unspecified atom stereocenters. The molecule has 8 N–H and O–H groups in total. The van der Waals surface area contributed by atoms with Crippen LogP contribution in [0.25, 0.3) is 5.69 Å². The summed E-state index contributed by atoms with van der Waals surface area (Å²) in [5.41, 5.74) is 14.9. The Morgan fingerprint density at radius 3 is 2.14 bits per heavy atom. The number of likely N-dealkylation sites (tertiary alicyclic amines) is 1. The topological polar surface area (TPSA) is 232 Å². The number of rotatable bonds is 31. The molecular formula is C52H77F3N10O7. The van der Waals surface area contributed by atoms with Crippen molar-refractivity contribution in [1.29, 1.82) is 0 Å². The van der Waals surface area contributed by atoms with Crippen molar-refractivity contribution in [2.45, 2.75) is 135 Å². The van der Waals surface area contributed by atoms with Gasteiger partial charge in [-0.05, 0) is 124 Å². The summed E-state index contributed by atoms with van der Waals surface area (Å²) in [6, 6.07) is 10.8. The van der Waals surface area contributed by atoms with Crippen LogP contribution in [-0.4, -0.2) is 132 Å². The molecule has 6 rings (SSSR count). The Bertz CT molecular complexity index is 2180. The van der Waals surface area contributed by atoms with Crippen LogP contribution in [0.3, 0.4) is 0 Å². The second kappa shape index (κ2) is 28.2. The van der Waals surface area contributed by atoms with Gasteiger partial charge in [0.25, 0.3) is 0 Å². The van der Waals surface area contributed by atoms with Crippen LogP contribution in [0.5, 0.6) is 11.5 Å². The molecule has 72 heavy (non-hydrogen) atoms. The average Bonchev–Trinajstić information content (AvgIpc) is 4.08. The third kappa shape index (κ3) is 18.3. The fourth-order valence-corrected chi connectivity index (χ4v) is 10.0. The van der Waals surface area contributed by atoms with Gasteiger partial charge in [-0.2, -0.15) is 0 Å². The van der Waals surface area contributed by atoms with Gasteiger partial charge in [-0.25, -0.2) is 4.68 Å². The molecule has 1 aliphatic carbocycles. The molecule has 2 aliphatic heterocycles. The van der Waals surface area contributed by atoms with Gasteiger partial charge in [0.1, 0.15) is 17.6 Å². The van der Waals surface area contributed by atoms with E-state index in [0.717, 1.165) is 99.6 Å². The van der Waals surface area contributed by atoms with E-state index in [0.29, 0.717) is 95.5 Å². The summed E-state index contributed by atoms with van der Waals surface area (Å²) in [5.74, 6) is -0.265. The Labute approximate surface area is 421 Å². The third-order valence-corrected chi connectivity index (χ3v) is 14.2. The number of piperidine rings is 1. The zero-order chi connectivity index (χ0) is 51.5. The summed E-state index contributed by atoms with van der Waals surface area (Å²) in [7, 11) is 0. The van der Waals surface area contributed by atoms with Crippen LogP contribution in [-0.2, 0) is 38.6 Å². The van der Waals surface area contributed by atoms with E-state index < -0.39 is 18.2 Å². The minimum absolute atomic E-state index is 0.0176. The number of benzene rings is 2. The highest BCUT2D eigenvalue weighted by molar-refractivity contribution is 5.77. The smallest absolute Gasteiger partial charge is 0.490 e. The van der Waals surface area contributed by atoms with Crippen molar-refractivity contribution in [1.82, 2.24) is 40.7 Å². The number of aryl methyl sites for hydroxylation is 2. The maximum atomic E-state index is 13.6. The number of amides is 3. The zero-order valence-electron chi connectivity index (χ0n) is 41.9. The van der Waals surface area contributed by atoms with Crippen LogP contribution in [0, 0.1) is 17.8 Å². The normalized spacial score (nSPS) is 17.2. The van der Waals surface area contributed by atoms with E-state index in [4.69, 9.17) is 16.2 Å². The Balaban J connectivity index is 0.898. The highest BCUT2D eigenvalue weighted by Crippen LogP contribution is 2.48. The number of ether oxygens (including phenoxy) is 2. The lowest BCUT2D eigenvalue weighted by Gasteiger charge is -2.38. The lowest BCUT2D eigenvalue weighted by atomic mass is 9.81. The van der Waals surface area contributed by atoms with Crippen molar-refractivity contribution < 1.29 is 46.9 Å². The van der Waals surface area contributed by atoms with Gasteiger partial charge in [-0.1, -0.05) is 50.0 Å². The molecule has 17 nitrogen and oxygen atoms in total. The molecule has 3 aromatic rings. The van der Waals surface area contributed by atoms with Crippen LogP contribution < -0.4 is 36.9 Å². The summed E-state index contributed by atoms with van der Waals surface area (Å²) in [5, 5.41) is 26.9. The number of carboxylic acids is 1. The first-order valence-electron chi connectivity index (χ1n) is 26.2. The SMILES string of the molecule is C[C@H](C(=O)O)[C@H](c1ccc2c(c1)O[C@@H](C1CCN(Cc3cc(-n4cc(CCCCCCCCC(=O)NCCN(CCC(=O)NCCN)CCC(=O)NCCN)nn4)ccc3OC(F)(F)F)CC1)CC2)C1CC1. The number of unbranched alkanes of at least 4 members (excludes halogenated alkanes) is 5. The van der Waals surface area contributed by atoms with Crippen molar-refractivity contribution >= 4 is 23.7 Å². The van der Waals surface area contributed by atoms with Gasteiger partial charge in [-0.15, -0.1) is 18.3 Å². The van der Waals surface area contributed by atoms with Crippen LogP contribution in [0.4, 0.5) is 13.2 Å². The second-order valence-corrected chi connectivity index (χ2v) is 19.8. The highest BCUT2D eigenvalue weighted by Gasteiger charge is 2.40. The fourth-order valence-electron chi connectivity index (χ4n) is 10.0. The molecule has 20 heteroatoms. The highest BCUT2D eigenvalue weighted by atomic mass is 19.4. The predicted molar refractivity (Wildman–Crippen MR) is 266 cm³/mol. The van der Waals surface area contributed by atoms with Crippen molar-refractivity contribution in [3.05, 3.63) is 65.0 Å². The van der Waals surface area contributed by atoms with Crippen LogP contribution >= 0.6 is 0 Å². The van der Waals surface area contributed by atoms with Gasteiger partial charge >= 0.3 is 12.3 Å². The lowest BCUT2D eigenvalue weighted by molar-refractivity contribution is -0.275. The van der Waals surface area contributed by atoms with E-state index in [2.05, 4.69) is 54.1 Å². The first-order valence-corrected chi connectivity index (χ1v) is 26.2. The number of fused-ring (bicyclic) bond motifs is 1. The zero-order valence-corrected chi connectivity index (χ0v) is 41.9. The van der Waals surface area contributed by atoms with E-state index in [9.17, 15) is 37.5 Å². The van der Waals surface area contributed by atoms with E-state index in [1.54, 1.807) is 23.7 Å². The van der Waals surface area contributed by atoms with Gasteiger partial charge in [0.05, 0.1) is 23.5 Å². The molecule has 0 bridgehead atoms. The fraction of sp³-hybridized carbons (Fsp3) is 0.654. The van der Waals surface area contributed by atoms with Gasteiger partial charge in [-0.3, -0.25) is 24.1 Å². The van der Waals surface area contributed by atoms with E-state index in [1.807, 2.05) is 11.1 Å². The number of aliphatic carboxylic acids is 1. The number of halogens is 3. The first kappa shape index (κ1) is 56.0. The van der Waals surface area contributed by atoms with Crippen molar-refractivity contribution in [3.63, 3.8) is 0 Å². The monoisotopic (exact) mass is 1010 g/mol. The first-order chi connectivity index (χ1) is 34.7. The standard InChI is InChI=1S/C52H77F3N10O7/c1-36(51(69)70)50(39-11-12-39)40-13-10-37-14-16-44(71-46(37)33-40)38-18-27-64(28-19-38)34-41-32-43(15-17-45(41)72-52(53,54)55)65-35-42(61-62-65)8-6-4-2-3-5-7-9-47(66)60-26-31-63(29-20-48(67)58-24-22-56)30-21-49(68)59-25-23-57/h10,13,15,17,32-33,35-36,38-39,44,50H,2-9,11-12,14,16,18-31,34,56-57H2,1H3,(H,58,67)(H,59,68)(H,60,66)(H,69,70)/t36-,44+,50-/m0/s1. The molecular weight excluding hydrogens is 934 g/mol. The maximum Gasteiger partial charge on any atom is 0.573 e. The van der Waals surface area contributed by atoms with Crippen LogP contribution in [0.15, 0.2) is 42.6 Å². The molecule has 398 valence electrons. The minimum Gasteiger partial charge on any atom is -0.490 e. The Morgan fingerprint density at radius 1 is 0.833 bits per heavy atom. The Hall–Kier alpha value is -5.31. The van der Waals surface area contributed by atoms with Crippen molar-refractivity contribution in [2.75, 3.05) is 65.4 Å². The molecule has 3 heterocycles. The number of nitrogens with one attached hydrogen (secondary N) is 3. The van der Waals surface area contributed by atoms with Gasteiger partial charge in [0.15, 0.2) is 0 Å². The van der Waals surface area contributed by atoms with Crippen molar-refractivity contribution in [3.8, 4) is 17.2 Å². The summed E-state index contributed by atoms with van der Waals surface area (Å²) >= 11 is 0. The molecule has 2 fully saturated rings. The molecule has 1 aromatic heterocycles. The number of hydrogen-bond donors (Lipinski definition) is 6. The molecule has 3 amide bonds. The average molecular weight is 1010 g/mol. The summed E-state index contributed by atoms with van der Waals surface area (Å²) < 4.78 is 53.5.